The average Bonchev–Trinajstić information content (AvgIpc) is 3.72. The molecule has 2 aromatic heterocycles. The molecule has 1 amide bonds. The monoisotopic (exact) mass is 637 g/mol. The lowest BCUT2D eigenvalue weighted by molar-refractivity contribution is -0.391. The second kappa shape index (κ2) is 15.2. The second-order valence-electron chi connectivity index (χ2n) is 10.6. The van der Waals surface area contributed by atoms with Crippen molar-refractivity contribution in [2.75, 3.05) is 7.11 Å². The van der Waals surface area contributed by atoms with Gasteiger partial charge >= 0.3 is 6.18 Å². The van der Waals surface area contributed by atoms with E-state index in [1.807, 2.05) is 43.5 Å². The molecule has 2 heterocycles. The highest BCUT2D eigenvalue weighted by molar-refractivity contribution is 5.97. The number of rotatable bonds is 12. The number of para-hydroxylation sites is 1. The number of alkyl halides is 3. The number of furan rings is 1. The summed E-state index contributed by atoms with van der Waals surface area (Å²) in [7, 11) is 1.58. The quantitative estimate of drug-likeness (QED) is 0.159. The first kappa shape index (κ1) is 33.8. The number of carboxylic acid groups (broad SMARTS) is 1. The van der Waals surface area contributed by atoms with Crippen molar-refractivity contribution < 1.29 is 46.8 Å². The largest absolute Gasteiger partial charge is 0.542 e. The van der Waals surface area contributed by atoms with Gasteiger partial charge in [0, 0.05) is 23.8 Å². The van der Waals surface area contributed by atoms with Crippen LogP contribution in [0.5, 0.6) is 5.75 Å². The van der Waals surface area contributed by atoms with E-state index in [9.17, 15) is 22.8 Å². The summed E-state index contributed by atoms with van der Waals surface area (Å²) in [6, 6.07) is 21.6. The zero-order valence-corrected chi connectivity index (χ0v) is 25.3. The van der Waals surface area contributed by atoms with Crippen LogP contribution in [0.2, 0.25) is 0 Å². The fraction of sp³-hybridized carbons (Fsp3) is 0.294. The molecule has 0 bridgehead atoms. The molecule has 0 radical (unpaired) electrons. The van der Waals surface area contributed by atoms with Gasteiger partial charge in [-0.3, -0.25) is 9.59 Å². The molecule has 0 saturated carbocycles. The summed E-state index contributed by atoms with van der Waals surface area (Å²) in [6.07, 6.45) is 1.28. The number of aromatic nitrogens is 2. The second-order valence-corrected chi connectivity index (χ2v) is 10.6. The molecule has 5 rings (SSSR count). The minimum atomic E-state index is -5.19. The number of carbonyl (C=O) groups excluding carboxylic acids is 3. The van der Waals surface area contributed by atoms with E-state index in [1.54, 1.807) is 13.2 Å². The van der Waals surface area contributed by atoms with Crippen molar-refractivity contribution in [1.82, 2.24) is 10.3 Å². The van der Waals surface area contributed by atoms with Gasteiger partial charge in [0.25, 0.3) is 11.7 Å². The summed E-state index contributed by atoms with van der Waals surface area (Å²) in [5, 5.41) is 15.1. The van der Waals surface area contributed by atoms with Gasteiger partial charge in [0.1, 0.15) is 24.0 Å². The topological polar surface area (TPSA) is 139 Å². The van der Waals surface area contributed by atoms with E-state index in [0.717, 1.165) is 47.1 Å². The molecular weight excluding hydrogens is 603 g/mol. The summed E-state index contributed by atoms with van der Waals surface area (Å²) in [6.45, 7) is 1.90. The van der Waals surface area contributed by atoms with E-state index in [1.165, 1.54) is 5.39 Å². The molecule has 0 unspecified atom stereocenters. The number of carboxylic acids is 1. The highest BCUT2D eigenvalue weighted by Crippen LogP contribution is 2.29. The van der Waals surface area contributed by atoms with Crippen molar-refractivity contribution >= 4 is 39.4 Å². The molecule has 0 aliphatic rings. The van der Waals surface area contributed by atoms with Crippen molar-refractivity contribution in [2.24, 2.45) is 0 Å². The number of aliphatic carboxylic acids is 1. The molecule has 0 aliphatic heterocycles. The van der Waals surface area contributed by atoms with Gasteiger partial charge in [-0.1, -0.05) is 62.2 Å². The van der Waals surface area contributed by atoms with Crippen LogP contribution < -0.4 is 20.1 Å². The van der Waals surface area contributed by atoms with Gasteiger partial charge in [0.05, 0.1) is 7.11 Å². The lowest BCUT2D eigenvalue weighted by atomic mass is 10.0. The third-order valence-electron chi connectivity index (χ3n) is 7.38. The summed E-state index contributed by atoms with van der Waals surface area (Å²) in [4.78, 5) is 40.6. The Balaban J connectivity index is 0.000000617. The number of benzene rings is 3. The highest BCUT2D eigenvalue weighted by atomic mass is 19.4. The molecule has 0 spiro atoms. The molecule has 9 nitrogen and oxygen atoms in total. The smallest absolute Gasteiger partial charge is 0.430 e. The molecule has 5 aromatic rings. The predicted octanol–water partition coefficient (Wildman–Crippen LogP) is 6.10. The number of carbonyl (C=O) groups is 3. The maximum absolute atomic E-state index is 13.3. The van der Waals surface area contributed by atoms with E-state index in [0.29, 0.717) is 30.6 Å². The van der Waals surface area contributed by atoms with Crippen molar-refractivity contribution in [1.29, 1.82) is 0 Å². The van der Waals surface area contributed by atoms with Crippen LogP contribution in [0.15, 0.2) is 77.3 Å². The van der Waals surface area contributed by atoms with Gasteiger partial charge in [-0.05, 0) is 47.9 Å². The Labute approximate surface area is 262 Å². The van der Waals surface area contributed by atoms with Crippen LogP contribution in [-0.2, 0) is 9.59 Å². The van der Waals surface area contributed by atoms with Gasteiger partial charge in [-0.25, -0.2) is 9.97 Å². The van der Waals surface area contributed by atoms with Gasteiger partial charge in [-0.2, -0.15) is 13.2 Å². The molecule has 0 aliphatic carbocycles. The number of methoxy groups -OCH3 is 1. The minimum Gasteiger partial charge on any atom is -0.542 e. The number of Topliss-reactive ketones (excluding diaryl/α,β-unsaturated/α-hetero) is 1. The first-order valence-electron chi connectivity index (χ1n) is 14.8. The van der Waals surface area contributed by atoms with Crippen LogP contribution in [0.3, 0.4) is 0 Å². The summed E-state index contributed by atoms with van der Waals surface area (Å²) >= 11 is 0. The Hall–Kier alpha value is -5.13. The van der Waals surface area contributed by atoms with Gasteiger partial charge < -0.3 is 24.4 Å². The number of H-pyrrole nitrogens is 2. The van der Waals surface area contributed by atoms with E-state index in [2.05, 4.69) is 45.6 Å². The van der Waals surface area contributed by atoms with E-state index < -0.39 is 12.1 Å². The van der Waals surface area contributed by atoms with Gasteiger partial charge in [0.15, 0.2) is 22.8 Å². The number of ether oxygens (including phenoxy) is 1. The zero-order chi connectivity index (χ0) is 33.3. The molecule has 242 valence electrons. The highest BCUT2D eigenvalue weighted by Gasteiger charge is 2.29. The van der Waals surface area contributed by atoms with E-state index in [4.69, 9.17) is 19.1 Å². The number of aromatic amines is 2. The Bertz CT molecular complexity index is 1810. The molecule has 1 atom stereocenters. The lowest BCUT2D eigenvalue weighted by Crippen LogP contribution is -2.37. The van der Waals surface area contributed by atoms with Crippen LogP contribution in [0.4, 0.5) is 13.2 Å². The number of hydrogen-bond donors (Lipinski definition) is 2. The maximum Gasteiger partial charge on any atom is 0.430 e. The summed E-state index contributed by atoms with van der Waals surface area (Å²) in [5.41, 5.74) is 2.55. The molecule has 12 heteroatoms. The number of imidazole rings is 1. The third-order valence-corrected chi connectivity index (χ3v) is 7.38. The zero-order valence-electron chi connectivity index (χ0n) is 25.3. The molecular formula is C34H34F3N3O6. The number of ketones is 1. The maximum atomic E-state index is 13.3. The number of fused-ring (bicyclic) bond motifs is 2. The van der Waals surface area contributed by atoms with Crippen LogP contribution in [-0.4, -0.2) is 35.9 Å². The standard InChI is InChI=1S/C32H33N3O4.C2HF3O2/c1-3-25(36)13-5-4-6-14-26(35-32(37)29-19-24-12-9-15-28(38-2)30(24)39-29)31-33-20-27(34-31)23-17-16-21-10-7-8-11-22(21)18-23;3-2(4,5)1(6)7/h7-12,15-20,26H,3-6,13-14H2,1-2H3,(H,33,34)(H,35,37);(H,6,7)/t26-;/m0./s1. The Morgan fingerprint density at radius 2 is 1.70 bits per heavy atom. The van der Waals surface area contributed by atoms with Crippen LogP contribution in [0.25, 0.3) is 33.0 Å². The summed E-state index contributed by atoms with van der Waals surface area (Å²) in [5.74, 6) is -1.39. The van der Waals surface area contributed by atoms with Gasteiger partial charge in [-0.15, -0.1) is 0 Å². The van der Waals surface area contributed by atoms with E-state index in [-0.39, 0.29) is 23.5 Å². The van der Waals surface area contributed by atoms with Crippen molar-refractivity contribution in [2.45, 2.75) is 57.7 Å². The number of hydrogen-bond acceptors (Lipinski definition) is 6. The first-order valence-corrected chi connectivity index (χ1v) is 14.8. The molecule has 0 saturated heterocycles. The van der Waals surface area contributed by atoms with Crippen molar-refractivity contribution in [3.8, 4) is 17.0 Å². The van der Waals surface area contributed by atoms with E-state index >= 15 is 0 Å². The van der Waals surface area contributed by atoms with Crippen LogP contribution in [0, 0.1) is 0 Å². The van der Waals surface area contributed by atoms with Gasteiger partial charge in [0.2, 0.25) is 0 Å². The third kappa shape index (κ3) is 8.74. The number of nitrogens with one attached hydrogen (secondary N) is 3. The van der Waals surface area contributed by atoms with Crippen molar-refractivity contribution in [3.63, 3.8) is 0 Å². The first-order chi connectivity index (χ1) is 22.0. The molecule has 3 N–H and O–H groups in total. The normalized spacial score (nSPS) is 11.9. The van der Waals surface area contributed by atoms with Crippen LogP contribution >= 0.6 is 0 Å². The Morgan fingerprint density at radius 3 is 2.39 bits per heavy atom. The fourth-order valence-electron chi connectivity index (χ4n) is 4.92. The molecule has 46 heavy (non-hydrogen) atoms. The number of halogens is 3. The Morgan fingerprint density at radius 1 is 0.978 bits per heavy atom. The SMILES string of the molecule is CCC(=O)CCCCC[C@H](NC(=O)c1cc2cccc(OC)c2o1)c1[nH]c(-c2ccc3ccccc3c2)c[nH+]1.O=C([O-])C(F)(F)F. The number of unbranched alkanes of at least 4 members (excludes halogenated alkanes) is 2. The predicted molar refractivity (Wildman–Crippen MR) is 163 cm³/mol. The average molecular weight is 638 g/mol. The molecule has 0 fully saturated rings. The fourth-order valence-corrected chi connectivity index (χ4v) is 4.92. The van der Waals surface area contributed by atoms with Crippen LogP contribution in [0.1, 0.15) is 67.9 Å². The molecule has 3 aromatic carbocycles. The Kier molecular flexibility index (Phi) is 11.2. The van der Waals surface area contributed by atoms with Crippen molar-refractivity contribution in [3.05, 3.63) is 84.5 Å². The lowest BCUT2D eigenvalue weighted by Gasteiger charge is -2.13. The summed E-state index contributed by atoms with van der Waals surface area (Å²) < 4.78 is 42.8. The number of amides is 1. The minimum absolute atomic E-state index is 0.231.